The minimum atomic E-state index is 0.930. The van der Waals surface area contributed by atoms with Crippen LogP contribution >= 0.6 is 0 Å². The van der Waals surface area contributed by atoms with Crippen LogP contribution in [0.25, 0.3) is 60.5 Å². The fourth-order valence-corrected chi connectivity index (χ4v) is 6.23. The van der Waals surface area contributed by atoms with E-state index in [2.05, 4.69) is 170 Å². The molecule has 0 aliphatic carbocycles. The van der Waals surface area contributed by atoms with Crippen molar-refractivity contribution in [2.45, 2.75) is 0 Å². The molecule has 0 unspecified atom stereocenters. The van der Waals surface area contributed by atoms with E-state index in [9.17, 15) is 0 Å². The van der Waals surface area contributed by atoms with Crippen LogP contribution in [0.3, 0.4) is 0 Å². The second kappa shape index (κ2) is 12.0. The van der Waals surface area contributed by atoms with Crippen LogP contribution in [-0.4, -0.2) is 7.05 Å². The number of hydrogen-bond acceptors (Lipinski definition) is 2. The maximum Gasteiger partial charge on any atom is 0.0567 e. The summed E-state index contributed by atoms with van der Waals surface area (Å²) in [6.07, 6.45) is 3.39. The van der Waals surface area contributed by atoms with Gasteiger partial charge >= 0.3 is 0 Å². The Morgan fingerprint density at radius 2 is 1.11 bits per heavy atom. The van der Waals surface area contributed by atoms with Crippen LogP contribution in [0.2, 0.25) is 0 Å². The van der Waals surface area contributed by atoms with Crippen molar-refractivity contribution in [3.63, 3.8) is 0 Å². The molecule has 0 aliphatic heterocycles. The first kappa shape index (κ1) is 27.9. The summed E-state index contributed by atoms with van der Waals surface area (Å²) in [5.74, 6) is 0. The molecule has 7 aromatic carbocycles. The third-order valence-electron chi connectivity index (χ3n) is 8.68. The Kier molecular flexibility index (Phi) is 7.47. The van der Waals surface area contributed by atoms with Crippen LogP contribution in [0.15, 0.2) is 171 Å². The third kappa shape index (κ3) is 5.39. The van der Waals surface area contributed by atoms with Gasteiger partial charge in [0.1, 0.15) is 0 Å². The lowest BCUT2D eigenvalue weighted by atomic mass is 9.93. The largest absolute Gasteiger partial charge is 0.404 e. The predicted octanol–water partition coefficient (Wildman–Crippen LogP) is 11.2. The van der Waals surface area contributed by atoms with Gasteiger partial charge in [0.15, 0.2) is 0 Å². The van der Waals surface area contributed by atoms with Gasteiger partial charge in [-0.15, -0.1) is 0 Å². The molecule has 0 atom stereocenters. The van der Waals surface area contributed by atoms with Gasteiger partial charge in [0.25, 0.3) is 0 Å². The Morgan fingerprint density at radius 3 is 1.82 bits per heavy atom. The van der Waals surface area contributed by atoms with Crippen LogP contribution in [0.1, 0.15) is 5.56 Å². The standard InChI is InChI=1S/C43H34N2/c1-3-30(29-44)34-18-20-38-27-35(19-21-37(38)26-34)32-14-16-33(17-15-32)41-25-23-39-28-36(31-10-6-4-7-11-31)22-24-42(39)43(41)45(2)40-12-8-5-9-13-40/h3-29H,1,44H2,2H3/b30-29+. The third-order valence-corrected chi connectivity index (χ3v) is 8.68. The first-order valence-corrected chi connectivity index (χ1v) is 15.2. The van der Waals surface area contributed by atoms with Crippen molar-refractivity contribution in [3.05, 3.63) is 176 Å². The van der Waals surface area contributed by atoms with E-state index in [1.807, 2.05) is 0 Å². The number of para-hydroxylation sites is 1. The zero-order valence-corrected chi connectivity index (χ0v) is 25.3. The highest BCUT2D eigenvalue weighted by molar-refractivity contribution is 6.05. The van der Waals surface area contributed by atoms with E-state index >= 15 is 0 Å². The number of hydrogen-bond donors (Lipinski definition) is 1. The maximum absolute atomic E-state index is 5.79. The summed E-state index contributed by atoms with van der Waals surface area (Å²) in [6, 6.07) is 54.5. The normalized spacial score (nSPS) is 11.5. The number of benzene rings is 7. The van der Waals surface area contributed by atoms with Crippen molar-refractivity contribution in [1.82, 2.24) is 0 Å². The SMILES string of the molecule is C=C/C(=C\N)c1ccc2cc(-c3ccc(-c4ccc5cc(-c6ccccc6)ccc5c4N(C)c4ccccc4)cc3)ccc2c1. The van der Waals surface area contributed by atoms with E-state index in [1.165, 1.54) is 60.6 Å². The topological polar surface area (TPSA) is 29.3 Å². The number of rotatable bonds is 7. The number of allylic oxidation sites excluding steroid dienone is 2. The minimum Gasteiger partial charge on any atom is -0.404 e. The highest BCUT2D eigenvalue weighted by Crippen LogP contribution is 2.42. The van der Waals surface area contributed by atoms with Crippen molar-refractivity contribution in [2.75, 3.05) is 11.9 Å². The zero-order chi connectivity index (χ0) is 30.8. The van der Waals surface area contributed by atoms with E-state index in [-0.39, 0.29) is 0 Å². The summed E-state index contributed by atoms with van der Waals surface area (Å²) >= 11 is 0. The lowest BCUT2D eigenvalue weighted by Gasteiger charge is -2.25. The molecule has 2 nitrogen and oxygen atoms in total. The molecule has 7 aromatic rings. The summed E-state index contributed by atoms with van der Waals surface area (Å²) in [6.45, 7) is 3.88. The average molecular weight is 579 g/mol. The molecule has 0 spiro atoms. The highest BCUT2D eigenvalue weighted by atomic mass is 15.1. The van der Waals surface area contributed by atoms with Crippen molar-refractivity contribution >= 4 is 38.5 Å². The van der Waals surface area contributed by atoms with Gasteiger partial charge in [-0.1, -0.05) is 134 Å². The quantitative estimate of drug-likeness (QED) is 0.191. The summed E-state index contributed by atoms with van der Waals surface area (Å²) in [7, 11) is 2.16. The van der Waals surface area contributed by atoms with E-state index in [1.54, 1.807) is 12.3 Å². The molecule has 0 saturated carbocycles. The van der Waals surface area contributed by atoms with Gasteiger partial charge in [0.05, 0.1) is 5.69 Å². The lowest BCUT2D eigenvalue weighted by molar-refractivity contribution is 1.22. The summed E-state index contributed by atoms with van der Waals surface area (Å²) in [4.78, 5) is 2.31. The van der Waals surface area contributed by atoms with Crippen molar-refractivity contribution < 1.29 is 0 Å². The molecule has 0 radical (unpaired) electrons. The second-order valence-corrected chi connectivity index (χ2v) is 11.3. The van der Waals surface area contributed by atoms with E-state index in [0.29, 0.717) is 0 Å². The van der Waals surface area contributed by atoms with Gasteiger partial charge in [-0.05, 0) is 85.4 Å². The molecule has 2 heteroatoms. The van der Waals surface area contributed by atoms with Gasteiger partial charge < -0.3 is 10.6 Å². The number of nitrogens with two attached hydrogens (primary N) is 1. The molecule has 0 aromatic heterocycles. The molecule has 216 valence electrons. The van der Waals surface area contributed by atoms with Crippen molar-refractivity contribution in [3.8, 4) is 33.4 Å². The smallest absolute Gasteiger partial charge is 0.0567 e. The van der Waals surface area contributed by atoms with E-state index in [4.69, 9.17) is 5.73 Å². The summed E-state index contributed by atoms with van der Waals surface area (Å²) < 4.78 is 0. The molecule has 0 saturated heterocycles. The number of anilines is 2. The molecule has 2 N–H and O–H groups in total. The molecule has 0 bridgehead atoms. The molecule has 0 fully saturated rings. The van der Waals surface area contributed by atoms with E-state index < -0.39 is 0 Å². The minimum absolute atomic E-state index is 0.930. The summed E-state index contributed by atoms with van der Waals surface area (Å²) in [5.41, 5.74) is 17.3. The van der Waals surface area contributed by atoms with Crippen LogP contribution in [0.4, 0.5) is 11.4 Å². The predicted molar refractivity (Wildman–Crippen MR) is 195 cm³/mol. The highest BCUT2D eigenvalue weighted by Gasteiger charge is 2.16. The molecule has 45 heavy (non-hydrogen) atoms. The van der Waals surface area contributed by atoms with Gasteiger partial charge in [-0.3, -0.25) is 0 Å². The van der Waals surface area contributed by atoms with Gasteiger partial charge in [0, 0.05) is 29.9 Å². The first-order chi connectivity index (χ1) is 22.1. The molecule has 7 rings (SSSR count). The molecular formula is C43H34N2. The van der Waals surface area contributed by atoms with Crippen LogP contribution < -0.4 is 10.6 Å². The summed E-state index contributed by atoms with van der Waals surface area (Å²) in [5, 5.41) is 4.81. The monoisotopic (exact) mass is 578 g/mol. The Bertz CT molecular complexity index is 2180. The molecule has 0 heterocycles. The van der Waals surface area contributed by atoms with Crippen molar-refractivity contribution in [1.29, 1.82) is 0 Å². The zero-order valence-electron chi connectivity index (χ0n) is 25.3. The Balaban J connectivity index is 1.29. The average Bonchev–Trinajstić information content (AvgIpc) is 3.11. The van der Waals surface area contributed by atoms with Gasteiger partial charge in [-0.25, -0.2) is 0 Å². The Hall–Kier alpha value is -5.86. The maximum atomic E-state index is 5.79. The molecular weight excluding hydrogens is 544 g/mol. The Morgan fingerprint density at radius 1 is 0.556 bits per heavy atom. The lowest BCUT2D eigenvalue weighted by Crippen LogP contribution is -2.11. The number of fused-ring (bicyclic) bond motifs is 2. The fourth-order valence-electron chi connectivity index (χ4n) is 6.23. The fraction of sp³-hybridized carbons (Fsp3) is 0.0233. The van der Waals surface area contributed by atoms with Crippen LogP contribution in [0, 0.1) is 0 Å². The Labute approximate surface area is 265 Å². The van der Waals surface area contributed by atoms with E-state index in [0.717, 1.165) is 16.8 Å². The van der Waals surface area contributed by atoms with Crippen molar-refractivity contribution in [2.24, 2.45) is 5.73 Å². The van der Waals surface area contributed by atoms with Crippen LogP contribution in [-0.2, 0) is 0 Å². The second-order valence-electron chi connectivity index (χ2n) is 11.3. The van der Waals surface area contributed by atoms with Gasteiger partial charge in [-0.2, -0.15) is 0 Å². The van der Waals surface area contributed by atoms with Crippen LogP contribution in [0.5, 0.6) is 0 Å². The first-order valence-electron chi connectivity index (χ1n) is 15.2. The van der Waals surface area contributed by atoms with Gasteiger partial charge in [0.2, 0.25) is 0 Å². The molecule has 0 aliphatic rings. The number of nitrogens with zero attached hydrogens (tertiary/aromatic N) is 1. The molecule has 0 amide bonds.